The van der Waals surface area contributed by atoms with Gasteiger partial charge in [0, 0.05) is 24.9 Å². The molecule has 0 bridgehead atoms. The molecule has 2 aliphatic rings. The van der Waals surface area contributed by atoms with Gasteiger partial charge in [-0.2, -0.15) is 0 Å². The van der Waals surface area contributed by atoms with Gasteiger partial charge < -0.3 is 25.2 Å². The number of benzene rings is 1. The molecule has 2 fully saturated rings. The summed E-state index contributed by atoms with van der Waals surface area (Å²) in [4.78, 5) is 57.4. The Bertz CT molecular complexity index is 1440. The minimum Gasteiger partial charge on any atom is -0.361 e. The number of aryl methyl sites for hydroxylation is 2. The van der Waals surface area contributed by atoms with E-state index in [0.29, 0.717) is 18.6 Å². The quantitative estimate of drug-likeness (QED) is 0.295. The third-order valence-corrected chi connectivity index (χ3v) is 7.97. The Kier molecular flexibility index (Phi) is 8.49. The maximum Gasteiger partial charge on any atom is 0.274 e. The molecule has 0 radical (unpaired) electrons. The van der Waals surface area contributed by atoms with Gasteiger partial charge in [-0.15, -0.1) is 0 Å². The van der Waals surface area contributed by atoms with Gasteiger partial charge in [-0.25, -0.2) is 0 Å². The molecule has 1 aromatic carbocycles. The van der Waals surface area contributed by atoms with Crippen LogP contribution >= 0.6 is 0 Å². The monoisotopic (exact) mass is 573 g/mol. The lowest BCUT2D eigenvalue weighted by Crippen LogP contribution is -2.58. The van der Waals surface area contributed by atoms with E-state index < -0.39 is 41.4 Å². The lowest BCUT2D eigenvalue weighted by Gasteiger charge is -2.29. The Labute approximate surface area is 243 Å². The Morgan fingerprint density at radius 2 is 1.76 bits per heavy atom. The molecule has 1 aliphatic heterocycles. The molecule has 3 N–H and O–H groups in total. The molecule has 1 saturated carbocycles. The summed E-state index contributed by atoms with van der Waals surface area (Å²) in [5, 5.41) is 12.2. The predicted octanol–water partition coefficient (Wildman–Crippen LogP) is 2.09. The molecule has 1 unspecified atom stereocenters. The summed E-state index contributed by atoms with van der Waals surface area (Å²) in [6, 6.07) is 11.9. The molecular weight excluding hydrogens is 538 g/mol. The van der Waals surface area contributed by atoms with Crippen LogP contribution in [0.1, 0.15) is 54.1 Å². The number of carbonyl (C=O) groups excluding carboxylic acids is 4. The Hall–Kier alpha value is -4.38. The van der Waals surface area contributed by atoms with E-state index in [4.69, 9.17) is 9.26 Å². The van der Waals surface area contributed by atoms with E-state index in [0.717, 1.165) is 11.1 Å². The number of pyridine rings is 1. The minimum atomic E-state index is -1.01. The first-order chi connectivity index (χ1) is 20.1. The molecule has 1 aliphatic carbocycles. The topological polar surface area (TPSA) is 156 Å². The van der Waals surface area contributed by atoms with E-state index in [-0.39, 0.29) is 36.3 Å². The molecule has 0 spiro atoms. The number of carbonyl (C=O) groups is 4. The van der Waals surface area contributed by atoms with Crippen LogP contribution < -0.4 is 16.0 Å². The van der Waals surface area contributed by atoms with Crippen LogP contribution in [0, 0.1) is 12.8 Å². The van der Waals surface area contributed by atoms with Crippen molar-refractivity contribution in [3.05, 3.63) is 83.5 Å². The summed E-state index contributed by atoms with van der Waals surface area (Å²) < 4.78 is 10.7. The smallest absolute Gasteiger partial charge is 0.274 e. The van der Waals surface area contributed by atoms with Gasteiger partial charge in [0.05, 0.1) is 12.1 Å². The number of nitrogens with one attached hydrogen (secondary N) is 3. The van der Waals surface area contributed by atoms with E-state index >= 15 is 0 Å². The van der Waals surface area contributed by atoms with Gasteiger partial charge in [-0.05, 0) is 62.3 Å². The standard InChI is InChI=1S/C31H35N5O6/c1-18-15-23(26(37)31(3)27(18)41-31)34-29(39)24(17-21-11-13-32-14-12-21)35-28(38)22(10-9-20-7-5-4-6-8-20)33-30(40)25-16-19(2)42-36-25/h4-8,11-14,16,18,22-24,27H,9-10,15,17H2,1-3H3,(H,33,40)(H,34,39)(H,35,38)/t18-,22+,23+,24+,27?,31+/m1/s1. The average molecular weight is 574 g/mol. The summed E-state index contributed by atoms with van der Waals surface area (Å²) in [6.45, 7) is 5.41. The Balaban J connectivity index is 1.33. The second kappa shape index (κ2) is 12.2. The van der Waals surface area contributed by atoms with Crippen LogP contribution in [-0.2, 0) is 32.0 Å². The predicted molar refractivity (Wildman–Crippen MR) is 151 cm³/mol. The van der Waals surface area contributed by atoms with Gasteiger partial charge in [0.1, 0.15) is 17.8 Å². The fourth-order valence-electron chi connectivity index (χ4n) is 5.60. The van der Waals surface area contributed by atoms with Crippen molar-refractivity contribution >= 4 is 23.5 Å². The summed E-state index contributed by atoms with van der Waals surface area (Å²) in [7, 11) is 0. The highest BCUT2D eigenvalue weighted by Crippen LogP contribution is 2.48. The number of rotatable bonds is 11. The molecule has 42 heavy (non-hydrogen) atoms. The summed E-state index contributed by atoms with van der Waals surface area (Å²) in [6.07, 6.45) is 4.47. The number of hydrogen-bond donors (Lipinski definition) is 3. The summed E-state index contributed by atoms with van der Waals surface area (Å²) >= 11 is 0. The first-order valence-electron chi connectivity index (χ1n) is 14.1. The van der Waals surface area contributed by atoms with Crippen LogP contribution in [0.4, 0.5) is 0 Å². The highest BCUT2D eigenvalue weighted by Gasteiger charge is 2.65. The van der Waals surface area contributed by atoms with Crippen molar-refractivity contribution in [2.24, 2.45) is 5.92 Å². The van der Waals surface area contributed by atoms with Gasteiger partial charge >= 0.3 is 0 Å². The number of nitrogens with zero attached hydrogens (tertiary/aromatic N) is 2. The molecule has 1 saturated heterocycles. The van der Waals surface area contributed by atoms with Crippen LogP contribution in [0.3, 0.4) is 0 Å². The molecule has 6 atom stereocenters. The fourth-order valence-corrected chi connectivity index (χ4v) is 5.60. The molecule has 5 rings (SSSR count). The SMILES string of the molecule is Cc1cc(C(=O)N[C@@H](CCc2ccccc2)C(=O)N[C@@H](Cc2ccncc2)C(=O)N[C@H]2C[C@@H](C)C3O[C@@]3(C)C2=O)no1. The molecule has 3 aromatic rings. The Morgan fingerprint density at radius 3 is 2.45 bits per heavy atom. The highest BCUT2D eigenvalue weighted by molar-refractivity contribution is 6.00. The number of hydrogen-bond acceptors (Lipinski definition) is 8. The molecule has 3 heterocycles. The average Bonchev–Trinajstić information content (AvgIpc) is 3.52. The van der Waals surface area contributed by atoms with Gasteiger partial charge in [0.2, 0.25) is 11.8 Å². The molecule has 2 aromatic heterocycles. The highest BCUT2D eigenvalue weighted by atomic mass is 16.6. The van der Waals surface area contributed by atoms with E-state index in [1.54, 1.807) is 38.4 Å². The van der Waals surface area contributed by atoms with E-state index in [2.05, 4.69) is 26.1 Å². The number of ketones is 1. The lowest BCUT2D eigenvalue weighted by atomic mass is 9.79. The van der Waals surface area contributed by atoms with Crippen molar-refractivity contribution in [2.75, 3.05) is 0 Å². The van der Waals surface area contributed by atoms with E-state index in [1.165, 1.54) is 6.07 Å². The fraction of sp³-hybridized carbons (Fsp3) is 0.419. The number of amides is 3. The first-order valence-corrected chi connectivity index (χ1v) is 14.1. The summed E-state index contributed by atoms with van der Waals surface area (Å²) in [5.41, 5.74) is 0.933. The maximum atomic E-state index is 13.7. The number of epoxide rings is 1. The van der Waals surface area contributed by atoms with E-state index in [1.807, 2.05) is 37.3 Å². The number of Topliss-reactive ketones (excluding diaryl/α,β-unsaturated/α-hetero) is 1. The number of ether oxygens (including phenoxy) is 1. The van der Waals surface area contributed by atoms with Crippen molar-refractivity contribution in [1.82, 2.24) is 26.1 Å². The lowest BCUT2D eigenvalue weighted by molar-refractivity contribution is -0.134. The summed E-state index contributed by atoms with van der Waals surface area (Å²) in [5.74, 6) is -1.19. The molecular formula is C31H35N5O6. The zero-order valence-corrected chi connectivity index (χ0v) is 23.8. The van der Waals surface area contributed by atoms with Gasteiger partial charge in [0.25, 0.3) is 5.91 Å². The molecule has 11 heteroatoms. The Morgan fingerprint density at radius 1 is 1.02 bits per heavy atom. The zero-order chi connectivity index (χ0) is 29.9. The second-order valence-corrected chi connectivity index (χ2v) is 11.3. The van der Waals surface area contributed by atoms with Crippen molar-refractivity contribution in [3.63, 3.8) is 0 Å². The largest absolute Gasteiger partial charge is 0.361 e. The number of aromatic nitrogens is 2. The van der Waals surface area contributed by atoms with Crippen molar-refractivity contribution < 1.29 is 28.4 Å². The van der Waals surface area contributed by atoms with Crippen LogP contribution in [0.15, 0.2) is 65.4 Å². The molecule has 3 amide bonds. The van der Waals surface area contributed by atoms with Crippen molar-refractivity contribution in [1.29, 1.82) is 0 Å². The van der Waals surface area contributed by atoms with Crippen molar-refractivity contribution in [3.8, 4) is 0 Å². The number of fused-ring (bicyclic) bond motifs is 1. The molecule has 11 nitrogen and oxygen atoms in total. The van der Waals surface area contributed by atoms with Gasteiger partial charge in [0.15, 0.2) is 17.1 Å². The zero-order valence-electron chi connectivity index (χ0n) is 23.8. The molecule has 220 valence electrons. The third-order valence-electron chi connectivity index (χ3n) is 7.97. The second-order valence-electron chi connectivity index (χ2n) is 11.3. The normalized spacial score (nSPS) is 24.2. The maximum absolute atomic E-state index is 13.7. The van der Waals surface area contributed by atoms with Crippen LogP contribution in [0.25, 0.3) is 0 Å². The minimum absolute atomic E-state index is 0.0510. The van der Waals surface area contributed by atoms with Crippen molar-refractivity contribution in [2.45, 2.75) is 76.3 Å². The van der Waals surface area contributed by atoms with Crippen LogP contribution in [0.2, 0.25) is 0 Å². The van der Waals surface area contributed by atoms with Gasteiger partial charge in [-0.1, -0.05) is 42.4 Å². The third kappa shape index (κ3) is 6.57. The van der Waals surface area contributed by atoms with Crippen LogP contribution in [-0.4, -0.2) is 63.5 Å². The van der Waals surface area contributed by atoms with E-state index in [9.17, 15) is 19.2 Å². The van der Waals surface area contributed by atoms with Gasteiger partial charge in [-0.3, -0.25) is 24.2 Å². The first kappa shape index (κ1) is 29.1. The van der Waals surface area contributed by atoms with Crippen LogP contribution in [0.5, 0.6) is 0 Å².